The highest BCUT2D eigenvalue weighted by atomic mass is 14.5. The molecule has 0 nitrogen and oxygen atoms in total. The van der Waals surface area contributed by atoms with E-state index in [-0.39, 0.29) is 0 Å². The first-order valence-corrected chi connectivity index (χ1v) is 63.4. The Morgan fingerprint density at radius 3 is 0.526 bits per heavy atom. The zero-order chi connectivity index (χ0) is 91.5. The van der Waals surface area contributed by atoms with Crippen molar-refractivity contribution in [3.63, 3.8) is 0 Å². The van der Waals surface area contributed by atoms with Crippen LogP contribution in [0, 0.1) is 118 Å². The molecule has 0 aromatic carbocycles. The van der Waals surface area contributed by atoms with Crippen LogP contribution in [-0.4, -0.2) is 0 Å². The molecule has 0 heteroatoms. The van der Waals surface area contributed by atoms with E-state index < -0.39 is 0 Å². The molecule has 33 aliphatic rings. The third-order valence-electron chi connectivity index (χ3n) is 38.9. The molecule has 133 heavy (non-hydrogen) atoms. The predicted octanol–water partition coefficient (Wildman–Crippen LogP) is 44.7. The second-order valence-corrected chi connectivity index (χ2v) is 50.1. The summed E-state index contributed by atoms with van der Waals surface area (Å²) in [6.45, 7) is 0. The van der Waals surface area contributed by atoms with Crippen LogP contribution in [-0.2, 0) is 0 Å². The molecule has 33 rings (SSSR count). The average Bonchev–Trinajstić information content (AvgIpc) is 1.63. The summed E-state index contributed by atoms with van der Waals surface area (Å²) in [5, 5.41) is 0. The van der Waals surface area contributed by atoms with Crippen LogP contribution in [0.5, 0.6) is 0 Å². The Kier molecular flexibility index (Phi) is 61.8. The third-order valence-corrected chi connectivity index (χ3v) is 38.9. The van der Waals surface area contributed by atoms with E-state index in [2.05, 4.69) is 97.2 Å². The van der Waals surface area contributed by atoms with Gasteiger partial charge in [0.1, 0.15) is 0 Å². The van der Waals surface area contributed by atoms with Crippen molar-refractivity contribution in [2.45, 2.75) is 623 Å². The molecule has 33 aliphatic carbocycles. The van der Waals surface area contributed by atoms with Gasteiger partial charge in [0, 0.05) is 0 Å². The Labute approximate surface area is 832 Å². The normalized spacial score (nSPS) is 35.7. The van der Waals surface area contributed by atoms with Gasteiger partial charge in [-0.15, -0.1) is 0 Å². The van der Waals surface area contributed by atoms with E-state index in [4.69, 9.17) is 0 Å². The van der Waals surface area contributed by atoms with Crippen molar-refractivity contribution in [3.8, 4) is 0 Å². The van der Waals surface area contributed by atoms with Crippen molar-refractivity contribution in [3.05, 3.63) is 97.2 Å². The van der Waals surface area contributed by atoms with E-state index in [0.717, 1.165) is 60.2 Å². The van der Waals surface area contributed by atoms with E-state index in [1.54, 1.807) is 212 Å². The minimum Gasteiger partial charge on any atom is -0.0885 e. The van der Waals surface area contributed by atoms with Gasteiger partial charge >= 0.3 is 0 Å². The molecule has 8 atom stereocenters. The number of allylic oxidation sites excluding steroid dienone is 16. The maximum absolute atomic E-state index is 2.43. The Hall–Kier alpha value is -2.08. The highest BCUT2D eigenvalue weighted by molar-refractivity contribution is 5.08. The van der Waals surface area contributed by atoms with Crippen molar-refractivity contribution in [1.82, 2.24) is 0 Å². The van der Waals surface area contributed by atoms with Gasteiger partial charge in [0.25, 0.3) is 0 Å². The molecule has 8 bridgehead atoms. The number of hydrogen-bond acceptors (Lipinski definition) is 0. The van der Waals surface area contributed by atoms with Gasteiger partial charge in [-0.1, -0.05) is 560 Å². The average molecular weight is 1830 g/mol. The van der Waals surface area contributed by atoms with Crippen molar-refractivity contribution in [1.29, 1.82) is 0 Å². The fraction of sp³-hybridized carbons (Fsp3) is 0.880. The first-order chi connectivity index (χ1) is 66.1. The lowest BCUT2D eigenvalue weighted by atomic mass is 9.65. The van der Waals surface area contributed by atoms with Crippen molar-refractivity contribution in [2.24, 2.45) is 118 Å². The SMILES string of the molecule is C1=CC2CCC1CC2.C1=CC2CCCCC2C1.C1=CCC=CC1.C1=CCCC1.C1=CCCC=C1.C1=CCCCC1.C1CC1.C1CC2CC(C1)C2.C1CC2CC12.C1CC2CC2C1.C1CC2CCC1C2.C1CC2CCC1CC2.C1CC2CCCC2C1.C1CCC1.C1CCC2CCCC2C1.C1CCC2CCCCC2C1.C1CCCC1.C1CCCCC1.C1CCCCCC1.C1CCCCCCC1. The fourth-order valence-corrected chi connectivity index (χ4v) is 28.7. The minimum absolute atomic E-state index is 0.972. The molecule has 0 aromatic heterocycles. The minimum atomic E-state index is 0.972. The quantitative estimate of drug-likeness (QED) is 0.168. The van der Waals surface area contributed by atoms with Crippen LogP contribution in [0.2, 0.25) is 0 Å². The standard InChI is InChI=1S/C10H18.C9H16.C9H14.2C8H14.C8H12.C8H16.2C7H12.C7H14.C6H10.C6H12.C6H10.2C6H8.C5H8.C5H10.C5H8.C4H8.C3H6/c1-2-6-10-8-4-3-7-9(10)5-1;2*1-2-5-9-7-3-6-8(9)4-1;1-3-7-5-2-6-8(7)4-1;2*1-2-8-5-3-7(1)4-6-8;1-2-4-6-8-7-5-3-1;1-2-7-4-3-6(1)5-7;1-2-6-4-7(3-1)5-6;1-2-4-6-7-5-3-1;1-2-5-4-6(5)3-1;4*1-2-4-6-5-3-1;1-2-5-3-4(1)5;2*1-2-4-5-3-1;1-2-4-3-1;1-2-3-1/h9-10H,1-8H2;8-9H,1-7H2;3,6,8-9H,1-2,4-5,7H2;2*7-8H,1-6H2;1-2,7-8H,3-6H2;1-8H2;2*6-7H,1-5H2;1-7H2;5-6H,1-4H2;1-6H2;1-2H,3-6H2;1-2,5-6H,3-4H2;1-4H,5-6H2;4-5H,1-3H2;1-5H2;1-2H,3-5H2;1-4H2;1-3H2. The Balaban J connectivity index is 0.000000135. The molecule has 0 amide bonds. The van der Waals surface area contributed by atoms with Crippen LogP contribution in [0.1, 0.15) is 623 Å². The topological polar surface area (TPSA) is 0 Å². The van der Waals surface area contributed by atoms with Crippen LogP contribution in [0.4, 0.5) is 0 Å². The molecule has 8 unspecified atom stereocenters. The van der Waals surface area contributed by atoms with E-state index in [9.17, 15) is 0 Å². The predicted molar refractivity (Wildman–Crippen MR) is 591 cm³/mol. The van der Waals surface area contributed by atoms with Crippen LogP contribution in [0.25, 0.3) is 0 Å². The summed E-state index contributed by atoms with van der Waals surface area (Å²) in [5.41, 5.74) is 0. The summed E-state index contributed by atoms with van der Waals surface area (Å²) in [5.74, 6) is 22.9. The van der Waals surface area contributed by atoms with Crippen molar-refractivity contribution >= 4 is 0 Å². The molecule has 762 valence electrons. The Bertz CT molecular complexity index is 2670. The van der Waals surface area contributed by atoms with Crippen LogP contribution >= 0.6 is 0 Å². The van der Waals surface area contributed by atoms with E-state index in [1.165, 1.54) is 469 Å². The van der Waals surface area contributed by atoms with Crippen LogP contribution < -0.4 is 0 Å². The van der Waals surface area contributed by atoms with Crippen LogP contribution in [0.3, 0.4) is 0 Å². The molecular weight excluding hydrogens is 1600 g/mol. The number of rotatable bonds is 0. The summed E-state index contributed by atoms with van der Waals surface area (Å²) < 4.78 is 0. The lowest BCUT2D eigenvalue weighted by molar-refractivity contribution is 0.116. The summed E-state index contributed by atoms with van der Waals surface area (Å²) in [6, 6.07) is 0. The van der Waals surface area contributed by atoms with Crippen molar-refractivity contribution in [2.75, 3.05) is 0 Å². The maximum Gasteiger partial charge on any atom is -0.0169 e. The summed E-state index contributed by atoms with van der Waals surface area (Å²) >= 11 is 0. The first kappa shape index (κ1) is 111. The number of hydrogen-bond donors (Lipinski definition) is 0. The second-order valence-electron chi connectivity index (χ2n) is 50.1. The number of fused-ring (bicyclic) bond motifs is 15. The van der Waals surface area contributed by atoms with E-state index >= 15 is 0 Å². The molecule has 26 fully saturated rings. The van der Waals surface area contributed by atoms with Crippen molar-refractivity contribution < 1.29 is 0 Å². The summed E-state index contributed by atoms with van der Waals surface area (Å²) in [6.07, 6.45) is 181. The molecular formula is C133H230. The smallest absolute Gasteiger partial charge is 0.0169 e. The Morgan fingerprint density at radius 2 is 0.361 bits per heavy atom. The first-order valence-electron chi connectivity index (χ1n) is 63.4. The Morgan fingerprint density at radius 1 is 0.120 bits per heavy atom. The van der Waals surface area contributed by atoms with Gasteiger partial charge in [-0.2, -0.15) is 0 Å². The highest BCUT2D eigenvalue weighted by Gasteiger charge is 2.45. The third kappa shape index (κ3) is 52.7. The zero-order valence-corrected chi connectivity index (χ0v) is 89.4. The van der Waals surface area contributed by atoms with Gasteiger partial charge in [-0.05, 0) is 279 Å². The molecule has 0 N–H and O–H groups in total. The van der Waals surface area contributed by atoms with Gasteiger partial charge in [-0.3, -0.25) is 0 Å². The summed E-state index contributed by atoms with van der Waals surface area (Å²) in [4.78, 5) is 0. The van der Waals surface area contributed by atoms with Gasteiger partial charge in [0.05, 0.1) is 0 Å². The van der Waals surface area contributed by atoms with E-state index in [1.807, 2.05) is 0 Å². The monoisotopic (exact) mass is 1830 g/mol. The van der Waals surface area contributed by atoms with E-state index in [0.29, 0.717) is 0 Å². The fourth-order valence-electron chi connectivity index (χ4n) is 28.7. The maximum atomic E-state index is 2.43. The zero-order valence-electron chi connectivity index (χ0n) is 89.4. The lowest BCUT2D eigenvalue weighted by Gasteiger charge is -2.40. The molecule has 0 radical (unpaired) electrons. The molecule has 26 saturated carbocycles. The second kappa shape index (κ2) is 73.9. The molecule has 0 aromatic rings. The summed E-state index contributed by atoms with van der Waals surface area (Å²) in [7, 11) is 0. The van der Waals surface area contributed by atoms with Gasteiger partial charge < -0.3 is 0 Å². The molecule has 0 heterocycles. The largest absolute Gasteiger partial charge is 0.0885 e. The van der Waals surface area contributed by atoms with Gasteiger partial charge in [0.15, 0.2) is 0 Å². The highest BCUT2D eigenvalue weighted by Crippen LogP contribution is 2.56. The van der Waals surface area contributed by atoms with Gasteiger partial charge in [0.2, 0.25) is 0 Å². The molecule has 0 aliphatic heterocycles. The molecule has 0 saturated heterocycles. The molecule has 0 spiro atoms. The van der Waals surface area contributed by atoms with Crippen LogP contribution in [0.15, 0.2) is 97.2 Å². The van der Waals surface area contributed by atoms with Gasteiger partial charge in [-0.25, -0.2) is 0 Å². The lowest BCUT2D eigenvalue weighted by Crippen LogP contribution is -2.28.